The van der Waals surface area contributed by atoms with E-state index in [1.54, 1.807) is 0 Å². The number of benzene rings is 1. The second kappa shape index (κ2) is 9.13. The van der Waals surface area contributed by atoms with Gasteiger partial charge >= 0.3 is 0 Å². The predicted molar refractivity (Wildman–Crippen MR) is 70.6 cm³/mol. The van der Waals surface area contributed by atoms with Crippen LogP contribution in [0.3, 0.4) is 0 Å². The predicted octanol–water partition coefficient (Wildman–Crippen LogP) is 0.423. The van der Waals surface area contributed by atoms with Crippen LogP contribution in [0.5, 0.6) is 0 Å². The fraction of sp³-hybridized carbons (Fsp3) is 0.538. The molecule has 0 aliphatic carbocycles. The summed E-state index contributed by atoms with van der Waals surface area (Å²) in [6, 6.07) is 10.2. The van der Waals surface area contributed by atoms with E-state index in [2.05, 4.69) is 17.0 Å². The molecule has 0 amide bonds. The fourth-order valence-electron chi connectivity index (χ4n) is 1.66. The minimum atomic E-state index is 0.665. The van der Waals surface area contributed by atoms with Gasteiger partial charge in [-0.2, -0.15) is 0 Å². The van der Waals surface area contributed by atoms with Crippen molar-refractivity contribution < 1.29 is 4.74 Å². The van der Waals surface area contributed by atoms with Crippen LogP contribution in [0.1, 0.15) is 5.56 Å². The largest absolute Gasteiger partial charge is 0.375 e. The van der Waals surface area contributed by atoms with Crippen molar-refractivity contribution >= 4 is 0 Å². The number of hydrogen-bond donors (Lipinski definition) is 2. The Morgan fingerprint density at radius 2 is 1.59 bits per heavy atom. The average Bonchev–Trinajstić information content (AvgIpc) is 2.36. The van der Waals surface area contributed by atoms with Gasteiger partial charge in [-0.3, -0.25) is 4.90 Å². The number of rotatable bonds is 9. The maximum atomic E-state index is 5.62. The van der Waals surface area contributed by atoms with Crippen molar-refractivity contribution in [2.24, 2.45) is 11.5 Å². The number of hydrogen-bond acceptors (Lipinski definition) is 4. The van der Waals surface area contributed by atoms with Gasteiger partial charge in [0.05, 0.1) is 13.2 Å². The number of nitrogens with two attached hydrogens (primary N) is 2. The number of ether oxygens (including phenoxy) is 1. The van der Waals surface area contributed by atoms with Crippen LogP contribution in [0.4, 0.5) is 0 Å². The van der Waals surface area contributed by atoms with E-state index >= 15 is 0 Å². The third-order valence-electron chi connectivity index (χ3n) is 2.55. The van der Waals surface area contributed by atoms with Gasteiger partial charge in [0.2, 0.25) is 0 Å². The third kappa shape index (κ3) is 6.38. The Hall–Kier alpha value is -0.940. The summed E-state index contributed by atoms with van der Waals surface area (Å²) in [4.78, 5) is 2.23. The molecule has 1 aromatic carbocycles. The van der Waals surface area contributed by atoms with Crippen LogP contribution in [-0.4, -0.2) is 44.2 Å². The molecular weight excluding hydrogens is 214 g/mol. The molecule has 0 aromatic heterocycles. The summed E-state index contributed by atoms with van der Waals surface area (Å²) in [5, 5.41) is 0. The smallest absolute Gasteiger partial charge is 0.0717 e. The SMILES string of the molecule is NCCN(CCN)CCOCc1ccccc1. The fourth-order valence-corrected chi connectivity index (χ4v) is 1.66. The molecule has 17 heavy (non-hydrogen) atoms. The Morgan fingerprint density at radius 1 is 0.941 bits per heavy atom. The van der Waals surface area contributed by atoms with Crippen LogP contribution >= 0.6 is 0 Å². The summed E-state index contributed by atoms with van der Waals surface area (Å²) in [6.45, 7) is 5.37. The van der Waals surface area contributed by atoms with Crippen molar-refractivity contribution in [3.63, 3.8) is 0 Å². The molecule has 0 saturated heterocycles. The zero-order chi connectivity index (χ0) is 12.3. The lowest BCUT2D eigenvalue weighted by molar-refractivity contribution is 0.0942. The van der Waals surface area contributed by atoms with Gasteiger partial charge in [-0.05, 0) is 5.56 Å². The molecular formula is C13H23N3O. The lowest BCUT2D eigenvalue weighted by atomic mass is 10.2. The second-order valence-electron chi connectivity index (χ2n) is 3.96. The van der Waals surface area contributed by atoms with E-state index in [9.17, 15) is 0 Å². The van der Waals surface area contributed by atoms with Crippen molar-refractivity contribution in [2.75, 3.05) is 39.3 Å². The first-order chi connectivity index (χ1) is 8.36. The molecule has 0 bridgehead atoms. The molecule has 0 saturated carbocycles. The summed E-state index contributed by atoms with van der Waals surface area (Å²) >= 11 is 0. The van der Waals surface area contributed by atoms with Gasteiger partial charge in [0.15, 0.2) is 0 Å². The van der Waals surface area contributed by atoms with E-state index in [0.29, 0.717) is 19.7 Å². The standard InChI is InChI=1S/C13H23N3O/c14-6-8-16(9-7-15)10-11-17-12-13-4-2-1-3-5-13/h1-5H,6-12,14-15H2. The van der Waals surface area contributed by atoms with Crippen LogP contribution < -0.4 is 11.5 Å². The van der Waals surface area contributed by atoms with Gasteiger partial charge in [-0.1, -0.05) is 30.3 Å². The molecule has 0 unspecified atom stereocenters. The molecule has 4 N–H and O–H groups in total. The summed E-state index contributed by atoms with van der Waals surface area (Å²) in [5.41, 5.74) is 12.3. The molecule has 4 nitrogen and oxygen atoms in total. The van der Waals surface area contributed by atoms with Gasteiger partial charge in [0.25, 0.3) is 0 Å². The van der Waals surface area contributed by atoms with Crippen molar-refractivity contribution in [2.45, 2.75) is 6.61 Å². The maximum Gasteiger partial charge on any atom is 0.0717 e. The molecule has 1 aromatic rings. The van der Waals surface area contributed by atoms with E-state index < -0.39 is 0 Å². The van der Waals surface area contributed by atoms with Crippen LogP contribution in [0.15, 0.2) is 30.3 Å². The lowest BCUT2D eigenvalue weighted by Gasteiger charge is -2.20. The van der Waals surface area contributed by atoms with Crippen molar-refractivity contribution in [3.05, 3.63) is 35.9 Å². The summed E-state index contributed by atoms with van der Waals surface area (Å²) in [6.07, 6.45) is 0. The molecule has 0 atom stereocenters. The van der Waals surface area contributed by atoms with Crippen LogP contribution in [0.25, 0.3) is 0 Å². The third-order valence-corrected chi connectivity index (χ3v) is 2.55. The monoisotopic (exact) mass is 237 g/mol. The van der Waals surface area contributed by atoms with Crippen LogP contribution in [0, 0.1) is 0 Å². The summed E-state index contributed by atoms with van der Waals surface area (Å²) < 4.78 is 5.62. The zero-order valence-electron chi connectivity index (χ0n) is 10.3. The van der Waals surface area contributed by atoms with E-state index in [4.69, 9.17) is 16.2 Å². The van der Waals surface area contributed by atoms with Crippen molar-refractivity contribution in [3.8, 4) is 0 Å². The van der Waals surface area contributed by atoms with Gasteiger partial charge in [0, 0.05) is 32.7 Å². The van der Waals surface area contributed by atoms with Gasteiger partial charge in [-0.15, -0.1) is 0 Å². The Morgan fingerprint density at radius 3 is 2.18 bits per heavy atom. The molecule has 0 heterocycles. The van der Waals surface area contributed by atoms with Gasteiger partial charge in [0.1, 0.15) is 0 Å². The Kier molecular flexibility index (Phi) is 7.58. The van der Waals surface area contributed by atoms with Crippen molar-refractivity contribution in [1.82, 2.24) is 4.90 Å². The highest BCUT2D eigenvalue weighted by Crippen LogP contribution is 2.00. The summed E-state index contributed by atoms with van der Waals surface area (Å²) in [5.74, 6) is 0. The minimum Gasteiger partial charge on any atom is -0.375 e. The molecule has 0 spiro atoms. The zero-order valence-corrected chi connectivity index (χ0v) is 10.3. The molecule has 0 fully saturated rings. The molecule has 0 aliphatic rings. The second-order valence-corrected chi connectivity index (χ2v) is 3.96. The van der Waals surface area contributed by atoms with E-state index in [1.165, 1.54) is 5.56 Å². The minimum absolute atomic E-state index is 0.665. The quantitative estimate of drug-likeness (QED) is 0.611. The first-order valence-electron chi connectivity index (χ1n) is 6.11. The number of nitrogens with zero attached hydrogens (tertiary/aromatic N) is 1. The first-order valence-corrected chi connectivity index (χ1v) is 6.11. The maximum absolute atomic E-state index is 5.62. The molecule has 4 heteroatoms. The lowest BCUT2D eigenvalue weighted by Crippen LogP contribution is -2.36. The Balaban J connectivity index is 2.13. The van der Waals surface area contributed by atoms with Crippen LogP contribution in [-0.2, 0) is 11.3 Å². The van der Waals surface area contributed by atoms with E-state index in [1.807, 2.05) is 18.2 Å². The first kappa shape index (κ1) is 14.1. The summed E-state index contributed by atoms with van der Waals surface area (Å²) in [7, 11) is 0. The normalized spacial score (nSPS) is 11.0. The average molecular weight is 237 g/mol. The Bertz CT molecular complexity index is 273. The molecule has 1 rings (SSSR count). The van der Waals surface area contributed by atoms with E-state index in [0.717, 1.165) is 26.2 Å². The van der Waals surface area contributed by atoms with E-state index in [-0.39, 0.29) is 0 Å². The highest BCUT2D eigenvalue weighted by Gasteiger charge is 2.02. The van der Waals surface area contributed by atoms with Gasteiger partial charge in [-0.25, -0.2) is 0 Å². The molecule has 0 aliphatic heterocycles. The van der Waals surface area contributed by atoms with Gasteiger partial charge < -0.3 is 16.2 Å². The van der Waals surface area contributed by atoms with Crippen LogP contribution in [0.2, 0.25) is 0 Å². The van der Waals surface area contributed by atoms with Crippen molar-refractivity contribution in [1.29, 1.82) is 0 Å². The Labute approximate surface area is 104 Å². The topological polar surface area (TPSA) is 64.5 Å². The molecule has 96 valence electrons. The highest BCUT2D eigenvalue weighted by atomic mass is 16.5. The highest BCUT2D eigenvalue weighted by molar-refractivity contribution is 5.13. The molecule has 0 radical (unpaired) electrons.